The van der Waals surface area contributed by atoms with Crippen molar-refractivity contribution in [3.05, 3.63) is 35.9 Å². The summed E-state index contributed by atoms with van der Waals surface area (Å²) in [6.45, 7) is 2.50. The van der Waals surface area contributed by atoms with E-state index in [9.17, 15) is 0 Å². The molecule has 0 atom stereocenters. The van der Waals surface area contributed by atoms with Gasteiger partial charge in [-0.2, -0.15) is 0 Å². The van der Waals surface area contributed by atoms with Gasteiger partial charge < -0.3 is 9.84 Å². The van der Waals surface area contributed by atoms with E-state index in [-0.39, 0.29) is 6.61 Å². The van der Waals surface area contributed by atoms with Crippen LogP contribution in [0.3, 0.4) is 0 Å². The molecule has 0 saturated carbocycles. The van der Waals surface area contributed by atoms with Crippen LogP contribution in [0, 0.1) is 0 Å². The molecule has 76 valence electrons. The fourth-order valence-electron chi connectivity index (χ4n) is 1.13. The number of ether oxygens (including phenoxy) is 1. The Hall–Kier alpha value is -1.28. The summed E-state index contributed by atoms with van der Waals surface area (Å²) >= 11 is 0. The van der Waals surface area contributed by atoms with Crippen molar-refractivity contribution in [3.8, 4) is 5.75 Å². The second kappa shape index (κ2) is 6.22. The van der Waals surface area contributed by atoms with Crippen molar-refractivity contribution in [2.24, 2.45) is 0 Å². The van der Waals surface area contributed by atoms with E-state index in [1.807, 2.05) is 24.3 Å². The minimum atomic E-state index is 0.0506. The van der Waals surface area contributed by atoms with E-state index >= 15 is 0 Å². The molecule has 1 aromatic rings. The van der Waals surface area contributed by atoms with Crippen LogP contribution in [-0.4, -0.2) is 18.3 Å². The molecular formula is C12H16O2. The van der Waals surface area contributed by atoms with Gasteiger partial charge in [-0.25, -0.2) is 0 Å². The van der Waals surface area contributed by atoms with Crippen LogP contribution >= 0.6 is 0 Å². The molecule has 2 nitrogen and oxygen atoms in total. The van der Waals surface area contributed by atoms with Gasteiger partial charge in [0.2, 0.25) is 0 Å². The third kappa shape index (κ3) is 3.62. The molecule has 1 rings (SSSR count). The molecule has 0 unspecified atom stereocenters. The summed E-state index contributed by atoms with van der Waals surface area (Å²) < 4.78 is 5.29. The number of benzene rings is 1. The van der Waals surface area contributed by atoms with E-state index in [1.165, 1.54) is 0 Å². The lowest BCUT2D eigenvalue weighted by Gasteiger charge is -2.04. The van der Waals surface area contributed by atoms with E-state index in [4.69, 9.17) is 9.84 Å². The average Bonchev–Trinajstić information content (AvgIpc) is 2.24. The standard InChI is InChI=1S/C12H16O2/c1-2-3-5-11-6-4-7-12(10-11)14-9-8-13/h3-7,10,13H,2,8-9H2,1H3/b5-3+. The van der Waals surface area contributed by atoms with Crippen LogP contribution in [-0.2, 0) is 0 Å². The highest BCUT2D eigenvalue weighted by Crippen LogP contribution is 2.14. The monoisotopic (exact) mass is 192 g/mol. The maximum atomic E-state index is 8.60. The molecule has 0 radical (unpaired) electrons. The topological polar surface area (TPSA) is 29.5 Å². The Bertz CT molecular complexity index is 292. The van der Waals surface area contributed by atoms with E-state index in [0.717, 1.165) is 17.7 Å². The Morgan fingerprint density at radius 2 is 2.29 bits per heavy atom. The minimum absolute atomic E-state index is 0.0506. The van der Waals surface area contributed by atoms with Crippen molar-refractivity contribution in [2.45, 2.75) is 13.3 Å². The van der Waals surface area contributed by atoms with E-state index in [2.05, 4.69) is 19.1 Å². The predicted molar refractivity (Wildman–Crippen MR) is 58.3 cm³/mol. The molecule has 0 aliphatic carbocycles. The van der Waals surface area contributed by atoms with Gasteiger partial charge >= 0.3 is 0 Å². The molecule has 0 spiro atoms. The second-order valence-corrected chi connectivity index (χ2v) is 2.96. The first-order valence-corrected chi connectivity index (χ1v) is 4.87. The van der Waals surface area contributed by atoms with Gasteiger partial charge in [0.15, 0.2) is 0 Å². The quantitative estimate of drug-likeness (QED) is 0.776. The summed E-state index contributed by atoms with van der Waals surface area (Å²) in [7, 11) is 0. The SMILES string of the molecule is CC/C=C/c1cccc(OCCO)c1. The molecule has 0 fully saturated rings. The van der Waals surface area contributed by atoms with E-state index < -0.39 is 0 Å². The molecule has 0 bridgehead atoms. The predicted octanol–water partition coefficient (Wildman–Crippen LogP) is 2.48. The van der Waals surface area contributed by atoms with Gasteiger partial charge in [-0.15, -0.1) is 0 Å². The van der Waals surface area contributed by atoms with Gasteiger partial charge in [0, 0.05) is 0 Å². The molecule has 0 aliphatic heterocycles. The highest BCUT2D eigenvalue weighted by molar-refractivity contribution is 5.51. The van der Waals surface area contributed by atoms with Crippen molar-refractivity contribution < 1.29 is 9.84 Å². The van der Waals surface area contributed by atoms with Crippen molar-refractivity contribution in [1.82, 2.24) is 0 Å². The molecule has 0 saturated heterocycles. The number of hydrogen-bond acceptors (Lipinski definition) is 2. The number of hydrogen-bond donors (Lipinski definition) is 1. The van der Waals surface area contributed by atoms with E-state index in [0.29, 0.717) is 6.61 Å². The zero-order valence-electron chi connectivity index (χ0n) is 8.44. The number of aliphatic hydroxyl groups excluding tert-OH is 1. The minimum Gasteiger partial charge on any atom is -0.491 e. The van der Waals surface area contributed by atoms with E-state index in [1.54, 1.807) is 0 Å². The van der Waals surface area contributed by atoms with Gasteiger partial charge in [0.1, 0.15) is 12.4 Å². The van der Waals surface area contributed by atoms with Gasteiger partial charge in [-0.3, -0.25) is 0 Å². The molecule has 0 amide bonds. The van der Waals surface area contributed by atoms with Crippen molar-refractivity contribution in [2.75, 3.05) is 13.2 Å². The van der Waals surface area contributed by atoms with Crippen LogP contribution in [0.15, 0.2) is 30.3 Å². The van der Waals surface area contributed by atoms with Gasteiger partial charge in [-0.1, -0.05) is 31.2 Å². The fraction of sp³-hybridized carbons (Fsp3) is 0.333. The Labute approximate surface area is 84.8 Å². The van der Waals surface area contributed by atoms with Crippen LogP contribution in [0.1, 0.15) is 18.9 Å². The first kappa shape index (κ1) is 10.8. The van der Waals surface area contributed by atoms with Crippen molar-refractivity contribution in [1.29, 1.82) is 0 Å². The summed E-state index contributed by atoms with van der Waals surface area (Å²) in [4.78, 5) is 0. The molecule has 1 aromatic carbocycles. The van der Waals surface area contributed by atoms with Gasteiger partial charge in [-0.05, 0) is 24.1 Å². The summed E-state index contributed by atoms with van der Waals surface area (Å²) in [5.41, 5.74) is 1.13. The smallest absolute Gasteiger partial charge is 0.120 e. The Kier molecular flexibility index (Phi) is 4.79. The van der Waals surface area contributed by atoms with Crippen LogP contribution in [0.4, 0.5) is 0 Å². The summed E-state index contributed by atoms with van der Waals surface area (Å²) in [5, 5.41) is 8.60. The molecular weight excluding hydrogens is 176 g/mol. The molecule has 2 heteroatoms. The second-order valence-electron chi connectivity index (χ2n) is 2.96. The Morgan fingerprint density at radius 1 is 1.43 bits per heavy atom. The maximum absolute atomic E-state index is 8.60. The van der Waals surface area contributed by atoms with Crippen LogP contribution in [0.2, 0.25) is 0 Å². The third-order valence-corrected chi connectivity index (χ3v) is 1.76. The number of rotatable bonds is 5. The Morgan fingerprint density at radius 3 is 3.00 bits per heavy atom. The average molecular weight is 192 g/mol. The van der Waals surface area contributed by atoms with Crippen LogP contribution in [0.5, 0.6) is 5.75 Å². The van der Waals surface area contributed by atoms with Crippen LogP contribution in [0.25, 0.3) is 6.08 Å². The summed E-state index contributed by atoms with van der Waals surface area (Å²) in [6.07, 6.45) is 5.19. The zero-order valence-corrected chi connectivity index (χ0v) is 8.44. The van der Waals surface area contributed by atoms with Crippen molar-refractivity contribution in [3.63, 3.8) is 0 Å². The number of allylic oxidation sites excluding steroid dienone is 1. The third-order valence-electron chi connectivity index (χ3n) is 1.76. The first-order valence-electron chi connectivity index (χ1n) is 4.87. The highest BCUT2D eigenvalue weighted by Gasteiger charge is 1.93. The Balaban J connectivity index is 2.63. The fourth-order valence-corrected chi connectivity index (χ4v) is 1.13. The maximum Gasteiger partial charge on any atom is 0.120 e. The largest absolute Gasteiger partial charge is 0.491 e. The lowest BCUT2D eigenvalue weighted by atomic mass is 10.2. The van der Waals surface area contributed by atoms with Crippen LogP contribution < -0.4 is 4.74 Å². The molecule has 14 heavy (non-hydrogen) atoms. The number of aliphatic hydroxyl groups is 1. The van der Waals surface area contributed by atoms with Gasteiger partial charge in [0.05, 0.1) is 6.61 Å². The zero-order chi connectivity index (χ0) is 10.2. The lowest BCUT2D eigenvalue weighted by Crippen LogP contribution is -2.01. The molecule has 0 heterocycles. The lowest BCUT2D eigenvalue weighted by molar-refractivity contribution is 0.201. The molecule has 0 aliphatic rings. The highest BCUT2D eigenvalue weighted by atomic mass is 16.5. The van der Waals surface area contributed by atoms with Crippen molar-refractivity contribution >= 4 is 6.08 Å². The molecule has 0 aromatic heterocycles. The normalized spacial score (nSPS) is 10.7. The summed E-state index contributed by atoms with van der Waals surface area (Å²) in [6, 6.07) is 7.82. The first-order chi connectivity index (χ1) is 6.86. The summed E-state index contributed by atoms with van der Waals surface area (Å²) in [5.74, 6) is 0.803. The van der Waals surface area contributed by atoms with Gasteiger partial charge in [0.25, 0.3) is 0 Å². The molecule has 1 N–H and O–H groups in total.